The lowest BCUT2D eigenvalue weighted by Crippen LogP contribution is -2.38. The highest BCUT2D eigenvalue weighted by Crippen LogP contribution is 2.27. The molecule has 2 atom stereocenters. The van der Waals surface area contributed by atoms with Gasteiger partial charge in [0.05, 0.1) is 12.6 Å². The van der Waals surface area contributed by atoms with E-state index in [2.05, 4.69) is 103 Å². The zero-order valence-electron chi connectivity index (χ0n) is 27.6. The molecule has 0 amide bonds. The Morgan fingerprint density at radius 3 is 1.79 bits per heavy atom. The molecule has 0 spiro atoms. The van der Waals surface area contributed by atoms with Crippen molar-refractivity contribution >= 4 is 0 Å². The first-order valence-electron chi connectivity index (χ1n) is 17.9. The lowest BCUT2D eigenvalue weighted by Gasteiger charge is -2.18. The molecule has 232 valence electrons. The molecule has 3 rings (SSSR count). The van der Waals surface area contributed by atoms with Crippen molar-refractivity contribution in [1.82, 2.24) is 4.57 Å². The Bertz CT molecular complexity index is 1040. The molecule has 0 N–H and O–H groups in total. The third-order valence-electron chi connectivity index (χ3n) is 9.30. The van der Waals surface area contributed by atoms with E-state index in [1.807, 2.05) is 0 Å². The summed E-state index contributed by atoms with van der Waals surface area (Å²) >= 11 is 0. The summed E-state index contributed by atoms with van der Waals surface area (Å²) in [5, 5.41) is 0. The van der Waals surface area contributed by atoms with Gasteiger partial charge in [-0.25, -0.2) is 9.13 Å². The van der Waals surface area contributed by atoms with Gasteiger partial charge in [0.15, 0.2) is 0 Å². The molecular formula is C40H63N2+. The third-order valence-corrected chi connectivity index (χ3v) is 9.30. The molecule has 0 aliphatic rings. The predicted octanol–water partition coefficient (Wildman–Crippen LogP) is 11.6. The SMILES string of the molecule is CCCCCCCCCCC[n+]1ccn(C(C)CCCCCCCC)c1CCC(Cc1ccccc1)c1ccccc1. The molecule has 0 aliphatic carbocycles. The molecule has 2 unspecified atom stereocenters. The quantitative estimate of drug-likeness (QED) is 0.0747. The van der Waals surface area contributed by atoms with Gasteiger partial charge in [-0.15, -0.1) is 0 Å². The number of imidazole rings is 1. The Kier molecular flexibility index (Phi) is 17.4. The zero-order chi connectivity index (χ0) is 29.7. The van der Waals surface area contributed by atoms with Crippen LogP contribution in [0.15, 0.2) is 73.1 Å². The summed E-state index contributed by atoms with van der Waals surface area (Å²) in [4.78, 5) is 0. The second-order valence-corrected chi connectivity index (χ2v) is 12.9. The lowest BCUT2D eigenvalue weighted by atomic mass is 9.88. The van der Waals surface area contributed by atoms with Crippen LogP contribution in [0.2, 0.25) is 0 Å². The highest BCUT2D eigenvalue weighted by atomic mass is 15.2. The third kappa shape index (κ3) is 12.9. The van der Waals surface area contributed by atoms with Crippen molar-refractivity contribution in [3.8, 4) is 0 Å². The fourth-order valence-electron chi connectivity index (χ4n) is 6.62. The van der Waals surface area contributed by atoms with Crippen molar-refractivity contribution in [2.75, 3.05) is 0 Å². The topological polar surface area (TPSA) is 8.81 Å². The van der Waals surface area contributed by atoms with Crippen LogP contribution in [0.1, 0.15) is 159 Å². The van der Waals surface area contributed by atoms with E-state index in [0.29, 0.717) is 12.0 Å². The van der Waals surface area contributed by atoms with E-state index in [1.54, 1.807) is 5.82 Å². The van der Waals surface area contributed by atoms with E-state index in [1.165, 1.54) is 120 Å². The first-order chi connectivity index (χ1) is 20.7. The van der Waals surface area contributed by atoms with Crippen molar-refractivity contribution in [2.45, 2.75) is 161 Å². The monoisotopic (exact) mass is 571 g/mol. The molecule has 1 aromatic heterocycles. The van der Waals surface area contributed by atoms with E-state index >= 15 is 0 Å². The van der Waals surface area contributed by atoms with Gasteiger partial charge >= 0.3 is 0 Å². The summed E-state index contributed by atoms with van der Waals surface area (Å²) in [7, 11) is 0. The van der Waals surface area contributed by atoms with E-state index < -0.39 is 0 Å². The number of hydrogen-bond donors (Lipinski definition) is 0. The molecule has 3 aromatic rings. The molecule has 0 aliphatic heterocycles. The van der Waals surface area contributed by atoms with Crippen molar-refractivity contribution in [1.29, 1.82) is 0 Å². The number of benzene rings is 2. The first kappa shape index (κ1) is 34.1. The molecule has 0 saturated heterocycles. The molecule has 1 heterocycles. The van der Waals surface area contributed by atoms with Gasteiger partial charge in [-0.05, 0) is 62.5 Å². The Labute approximate surface area is 260 Å². The molecule has 0 radical (unpaired) electrons. The number of unbranched alkanes of at least 4 members (excludes halogenated alkanes) is 13. The van der Waals surface area contributed by atoms with Gasteiger partial charge in [0, 0.05) is 6.42 Å². The van der Waals surface area contributed by atoms with Crippen molar-refractivity contribution < 1.29 is 4.57 Å². The molecular weight excluding hydrogens is 508 g/mol. The number of nitrogens with zero attached hydrogens (tertiary/aromatic N) is 2. The van der Waals surface area contributed by atoms with Crippen LogP contribution in [0.4, 0.5) is 0 Å². The maximum absolute atomic E-state index is 2.64. The summed E-state index contributed by atoms with van der Waals surface area (Å²) in [6.07, 6.45) is 30.3. The maximum Gasteiger partial charge on any atom is 0.256 e. The number of aromatic nitrogens is 2. The van der Waals surface area contributed by atoms with E-state index in [9.17, 15) is 0 Å². The molecule has 2 aromatic carbocycles. The van der Waals surface area contributed by atoms with Gasteiger partial charge in [0.25, 0.3) is 5.82 Å². The summed E-state index contributed by atoms with van der Waals surface area (Å²) in [6, 6.07) is 22.9. The molecule has 2 nitrogen and oxygen atoms in total. The Morgan fingerprint density at radius 2 is 1.17 bits per heavy atom. The minimum atomic E-state index is 0.534. The van der Waals surface area contributed by atoms with Crippen LogP contribution in [0.25, 0.3) is 0 Å². The molecule has 0 fully saturated rings. The van der Waals surface area contributed by atoms with E-state index in [0.717, 1.165) is 19.4 Å². The van der Waals surface area contributed by atoms with Crippen LogP contribution < -0.4 is 4.57 Å². The van der Waals surface area contributed by atoms with Gasteiger partial charge < -0.3 is 0 Å². The average molecular weight is 572 g/mol. The van der Waals surface area contributed by atoms with Crippen molar-refractivity contribution in [3.05, 3.63) is 90.0 Å². The van der Waals surface area contributed by atoms with Gasteiger partial charge in [-0.2, -0.15) is 0 Å². The molecule has 42 heavy (non-hydrogen) atoms. The lowest BCUT2D eigenvalue weighted by molar-refractivity contribution is -0.704. The summed E-state index contributed by atoms with van der Waals surface area (Å²) in [6.45, 7) is 8.23. The molecule has 0 bridgehead atoms. The number of rotatable bonds is 24. The smallest absolute Gasteiger partial charge is 0.234 e. The van der Waals surface area contributed by atoms with Gasteiger partial charge in [0.1, 0.15) is 12.4 Å². The van der Waals surface area contributed by atoms with Crippen LogP contribution in [0, 0.1) is 0 Å². The first-order valence-corrected chi connectivity index (χ1v) is 17.9. The normalized spacial score (nSPS) is 12.9. The van der Waals surface area contributed by atoms with E-state index in [4.69, 9.17) is 0 Å². The van der Waals surface area contributed by atoms with Crippen molar-refractivity contribution in [2.24, 2.45) is 0 Å². The van der Waals surface area contributed by atoms with Crippen LogP contribution in [-0.4, -0.2) is 4.57 Å². The predicted molar refractivity (Wildman–Crippen MR) is 182 cm³/mol. The Morgan fingerprint density at radius 1 is 0.619 bits per heavy atom. The second kappa shape index (κ2) is 21.4. The molecule has 0 saturated carbocycles. The summed E-state index contributed by atoms with van der Waals surface area (Å²) in [5.41, 5.74) is 2.92. The van der Waals surface area contributed by atoms with Crippen LogP contribution >= 0.6 is 0 Å². The van der Waals surface area contributed by atoms with Crippen molar-refractivity contribution in [3.63, 3.8) is 0 Å². The minimum absolute atomic E-state index is 0.534. The van der Waals surface area contributed by atoms with Gasteiger partial charge in [-0.3, -0.25) is 0 Å². The van der Waals surface area contributed by atoms with Crippen LogP contribution in [-0.2, 0) is 19.4 Å². The largest absolute Gasteiger partial charge is 0.256 e. The van der Waals surface area contributed by atoms with Crippen LogP contribution in [0.5, 0.6) is 0 Å². The Hall–Kier alpha value is -2.35. The summed E-state index contributed by atoms with van der Waals surface area (Å²) in [5.74, 6) is 2.08. The van der Waals surface area contributed by atoms with E-state index in [-0.39, 0.29) is 0 Å². The standard InChI is InChI=1S/C40H63N2/c1-4-6-8-10-12-13-14-16-24-32-41-33-34-42(36(3)25-19-15-11-9-7-5-2)40(41)31-30-39(38-28-22-18-23-29-38)35-37-26-20-17-21-27-37/h17-18,20-23,26-29,33-34,36,39H,4-16,19,24-25,30-32,35H2,1-3H3/q+1. The zero-order valence-corrected chi connectivity index (χ0v) is 27.6. The van der Waals surface area contributed by atoms with Crippen LogP contribution in [0.3, 0.4) is 0 Å². The summed E-state index contributed by atoms with van der Waals surface area (Å²) < 4.78 is 5.26. The minimum Gasteiger partial charge on any atom is -0.234 e. The number of aryl methyl sites for hydroxylation is 1. The van der Waals surface area contributed by atoms with Gasteiger partial charge in [-0.1, -0.05) is 152 Å². The second-order valence-electron chi connectivity index (χ2n) is 12.9. The Balaban J connectivity index is 1.64. The number of hydrogen-bond acceptors (Lipinski definition) is 0. The maximum atomic E-state index is 2.64. The fourth-order valence-corrected chi connectivity index (χ4v) is 6.62. The molecule has 2 heteroatoms. The highest BCUT2D eigenvalue weighted by Gasteiger charge is 2.23. The average Bonchev–Trinajstić information content (AvgIpc) is 3.43. The fraction of sp³-hybridized carbons (Fsp3) is 0.625. The van der Waals surface area contributed by atoms with Gasteiger partial charge in [0.2, 0.25) is 0 Å². The highest BCUT2D eigenvalue weighted by molar-refractivity contribution is 5.24.